The third-order valence-electron chi connectivity index (χ3n) is 4.38. The van der Waals surface area contributed by atoms with Crippen molar-refractivity contribution in [2.75, 3.05) is 30.7 Å². The van der Waals surface area contributed by atoms with Gasteiger partial charge in [-0.3, -0.25) is 4.79 Å². The number of nitrogen functional groups attached to an aromatic ring is 1. The van der Waals surface area contributed by atoms with E-state index in [1.54, 1.807) is 0 Å². The number of benzene rings is 1. The fraction of sp³-hybridized carbons (Fsp3) is 0.533. The normalized spacial score (nSPS) is 25.6. The molecule has 2 aliphatic rings. The smallest absolute Gasteiger partial charge is 0.145 e. The van der Waals surface area contributed by atoms with Gasteiger partial charge in [-0.1, -0.05) is 6.07 Å². The molecule has 0 unspecified atom stereocenters. The van der Waals surface area contributed by atoms with Crippen LogP contribution in [0, 0.1) is 11.3 Å². The van der Waals surface area contributed by atoms with E-state index >= 15 is 0 Å². The maximum atomic E-state index is 12.6. The lowest BCUT2D eigenvalue weighted by Crippen LogP contribution is -2.41. The Morgan fingerprint density at radius 1 is 1.50 bits per heavy atom. The van der Waals surface area contributed by atoms with Gasteiger partial charge in [0.2, 0.25) is 0 Å². The van der Waals surface area contributed by atoms with Gasteiger partial charge in [-0.25, -0.2) is 0 Å². The summed E-state index contributed by atoms with van der Waals surface area (Å²) in [4.78, 5) is 12.6. The summed E-state index contributed by atoms with van der Waals surface area (Å²) in [7, 11) is 0. The number of carbonyl (C=O) groups is 1. The number of halogens is 1. The largest absolute Gasteiger partial charge is 0.396 e. The number of Topliss-reactive ketones (excluding diaryl/α,β-unsaturated/α-hetero) is 1. The fourth-order valence-electron chi connectivity index (χ4n) is 2.93. The van der Waals surface area contributed by atoms with E-state index < -0.39 is 0 Å². The fourth-order valence-corrected chi connectivity index (χ4v) is 3.29. The third-order valence-corrected chi connectivity index (χ3v) is 5.08. The molecular weight excluding hydrogens is 318 g/mol. The Hall–Kier alpha value is -1.07. The monoisotopic (exact) mass is 337 g/mol. The van der Waals surface area contributed by atoms with Crippen molar-refractivity contribution in [2.24, 2.45) is 11.3 Å². The maximum Gasteiger partial charge on any atom is 0.145 e. The zero-order valence-corrected chi connectivity index (χ0v) is 13.0. The first-order valence-electron chi connectivity index (χ1n) is 7.15. The summed E-state index contributed by atoms with van der Waals surface area (Å²) in [6.07, 6.45) is 3.06. The highest BCUT2D eigenvalue weighted by atomic mass is 79.9. The van der Waals surface area contributed by atoms with E-state index in [2.05, 4.69) is 26.6 Å². The molecule has 1 aromatic rings. The number of anilines is 2. The van der Waals surface area contributed by atoms with Crippen LogP contribution in [0.25, 0.3) is 0 Å². The van der Waals surface area contributed by atoms with Gasteiger partial charge in [-0.2, -0.15) is 0 Å². The average molecular weight is 338 g/mol. The standard InChI is InChI=1S/C15H20BrN3O/c16-11-2-1-3-12(13(11)17)19-9-15(6-7-18-8-15)14(20)10-4-5-10/h1-3,10,18-19H,4-9,17H2/t15-/m0/s1. The molecule has 1 aromatic carbocycles. The van der Waals surface area contributed by atoms with Crippen LogP contribution in [0.1, 0.15) is 19.3 Å². The second kappa shape index (κ2) is 5.37. The maximum absolute atomic E-state index is 12.6. The van der Waals surface area contributed by atoms with Crippen LogP contribution in [-0.4, -0.2) is 25.4 Å². The summed E-state index contributed by atoms with van der Waals surface area (Å²) in [6, 6.07) is 5.82. The number of para-hydroxylation sites is 1. The van der Waals surface area contributed by atoms with Gasteiger partial charge in [-0.05, 0) is 53.9 Å². The van der Waals surface area contributed by atoms with Crippen LogP contribution in [0.3, 0.4) is 0 Å². The van der Waals surface area contributed by atoms with Gasteiger partial charge in [-0.15, -0.1) is 0 Å². The van der Waals surface area contributed by atoms with Crippen molar-refractivity contribution < 1.29 is 4.79 Å². The van der Waals surface area contributed by atoms with E-state index in [1.807, 2.05) is 18.2 Å². The lowest BCUT2D eigenvalue weighted by atomic mass is 9.80. The summed E-state index contributed by atoms with van der Waals surface area (Å²) in [5.74, 6) is 0.736. The van der Waals surface area contributed by atoms with Crippen molar-refractivity contribution in [1.29, 1.82) is 0 Å². The minimum absolute atomic E-state index is 0.254. The van der Waals surface area contributed by atoms with Crippen molar-refractivity contribution in [2.45, 2.75) is 19.3 Å². The molecule has 1 heterocycles. The van der Waals surface area contributed by atoms with E-state index in [0.717, 1.165) is 42.5 Å². The molecule has 5 heteroatoms. The quantitative estimate of drug-likeness (QED) is 0.722. The van der Waals surface area contributed by atoms with Gasteiger partial charge >= 0.3 is 0 Å². The molecule has 4 nitrogen and oxygen atoms in total. The minimum Gasteiger partial charge on any atom is -0.396 e. The predicted molar refractivity (Wildman–Crippen MR) is 84.7 cm³/mol. The second-order valence-corrected chi connectivity index (χ2v) is 6.75. The van der Waals surface area contributed by atoms with E-state index in [4.69, 9.17) is 5.73 Å². The summed E-state index contributed by atoms with van der Waals surface area (Å²) < 4.78 is 0.884. The lowest BCUT2D eigenvalue weighted by molar-refractivity contribution is -0.128. The number of ketones is 1. The molecule has 3 rings (SSSR count). The van der Waals surface area contributed by atoms with Crippen LogP contribution >= 0.6 is 15.9 Å². The van der Waals surface area contributed by atoms with Crippen LogP contribution in [0.15, 0.2) is 22.7 Å². The molecule has 0 spiro atoms. The molecular formula is C15H20BrN3O. The zero-order chi connectivity index (χ0) is 14.2. The average Bonchev–Trinajstić information content (AvgIpc) is 3.19. The molecule has 20 heavy (non-hydrogen) atoms. The highest BCUT2D eigenvalue weighted by Crippen LogP contribution is 2.40. The van der Waals surface area contributed by atoms with Crippen molar-refractivity contribution >= 4 is 33.1 Å². The van der Waals surface area contributed by atoms with Gasteiger partial charge in [0.05, 0.1) is 16.8 Å². The number of rotatable bonds is 5. The van der Waals surface area contributed by atoms with Crippen molar-refractivity contribution in [3.63, 3.8) is 0 Å². The zero-order valence-electron chi connectivity index (χ0n) is 11.4. The van der Waals surface area contributed by atoms with Crippen molar-refractivity contribution in [3.8, 4) is 0 Å². The summed E-state index contributed by atoms with van der Waals surface area (Å²) in [5.41, 5.74) is 7.39. The molecule has 108 valence electrons. The van der Waals surface area contributed by atoms with Crippen LogP contribution < -0.4 is 16.4 Å². The molecule has 1 saturated carbocycles. The first kappa shape index (κ1) is 13.9. The Labute approximate surface area is 127 Å². The predicted octanol–water partition coefficient (Wildman–Crippen LogP) is 2.40. The Bertz CT molecular complexity index is 522. The molecule has 2 fully saturated rings. The van der Waals surface area contributed by atoms with E-state index in [9.17, 15) is 4.79 Å². The van der Waals surface area contributed by atoms with Crippen LogP contribution in [-0.2, 0) is 4.79 Å². The third kappa shape index (κ3) is 2.56. The Morgan fingerprint density at radius 3 is 2.95 bits per heavy atom. The molecule has 0 radical (unpaired) electrons. The number of hydrogen-bond acceptors (Lipinski definition) is 4. The molecule has 1 atom stereocenters. The summed E-state index contributed by atoms with van der Waals surface area (Å²) in [5, 5.41) is 6.72. The topological polar surface area (TPSA) is 67.1 Å². The summed E-state index contributed by atoms with van der Waals surface area (Å²) >= 11 is 3.43. The van der Waals surface area contributed by atoms with E-state index in [1.165, 1.54) is 0 Å². The van der Waals surface area contributed by atoms with Gasteiger partial charge in [0.1, 0.15) is 5.78 Å². The Balaban J connectivity index is 1.74. The highest BCUT2D eigenvalue weighted by molar-refractivity contribution is 9.10. The van der Waals surface area contributed by atoms with Crippen molar-refractivity contribution in [1.82, 2.24) is 5.32 Å². The Kier molecular flexibility index (Phi) is 3.73. The number of carbonyl (C=O) groups excluding carboxylic acids is 1. The number of hydrogen-bond donors (Lipinski definition) is 3. The Morgan fingerprint density at radius 2 is 2.30 bits per heavy atom. The highest BCUT2D eigenvalue weighted by Gasteiger charge is 2.47. The first-order valence-corrected chi connectivity index (χ1v) is 7.95. The van der Waals surface area contributed by atoms with Gasteiger partial charge in [0.25, 0.3) is 0 Å². The van der Waals surface area contributed by atoms with E-state index in [-0.39, 0.29) is 5.41 Å². The number of nitrogens with two attached hydrogens (primary N) is 1. The van der Waals surface area contributed by atoms with Crippen LogP contribution in [0.5, 0.6) is 0 Å². The lowest BCUT2D eigenvalue weighted by Gasteiger charge is -2.28. The minimum atomic E-state index is -0.254. The first-order chi connectivity index (χ1) is 9.62. The SMILES string of the molecule is Nc1c(Br)cccc1NC[C@]1(C(=O)C2CC2)CCNC1. The van der Waals surface area contributed by atoms with E-state index in [0.29, 0.717) is 23.9 Å². The number of nitrogens with one attached hydrogen (secondary N) is 2. The van der Waals surface area contributed by atoms with Crippen molar-refractivity contribution in [3.05, 3.63) is 22.7 Å². The molecule has 0 aromatic heterocycles. The van der Waals surface area contributed by atoms with Gasteiger partial charge in [0, 0.05) is 23.5 Å². The summed E-state index contributed by atoms with van der Waals surface area (Å²) in [6.45, 7) is 2.37. The molecule has 0 bridgehead atoms. The molecule has 1 saturated heterocycles. The molecule has 1 aliphatic carbocycles. The van der Waals surface area contributed by atoms with Crippen LogP contribution in [0.4, 0.5) is 11.4 Å². The molecule has 0 amide bonds. The second-order valence-electron chi connectivity index (χ2n) is 5.90. The van der Waals surface area contributed by atoms with Crippen LogP contribution in [0.2, 0.25) is 0 Å². The van der Waals surface area contributed by atoms with Gasteiger partial charge < -0.3 is 16.4 Å². The van der Waals surface area contributed by atoms with Gasteiger partial charge in [0.15, 0.2) is 0 Å². The molecule has 4 N–H and O–H groups in total. The molecule has 1 aliphatic heterocycles.